The standard InChI is InChI=1S/C16H23NO3/c1-16(20,14-5-3-2-4-6-14)12-17-9-7-13(8-10-17)11-15(18)19/h2-6,13,20H,7-12H2,1H3,(H,18,19). The van der Waals surface area contributed by atoms with E-state index in [0.717, 1.165) is 31.5 Å². The Hall–Kier alpha value is -1.39. The molecule has 4 nitrogen and oxygen atoms in total. The second-order valence-electron chi connectivity index (χ2n) is 5.96. The van der Waals surface area contributed by atoms with Crippen LogP contribution in [0.15, 0.2) is 30.3 Å². The number of hydrogen-bond donors (Lipinski definition) is 2. The van der Waals surface area contributed by atoms with Crippen molar-refractivity contribution in [3.63, 3.8) is 0 Å². The van der Waals surface area contributed by atoms with Crippen molar-refractivity contribution in [3.8, 4) is 0 Å². The molecule has 20 heavy (non-hydrogen) atoms. The van der Waals surface area contributed by atoms with Crippen LogP contribution in [0.3, 0.4) is 0 Å². The van der Waals surface area contributed by atoms with E-state index in [1.165, 1.54) is 0 Å². The van der Waals surface area contributed by atoms with E-state index in [1.54, 1.807) is 0 Å². The van der Waals surface area contributed by atoms with Crippen molar-refractivity contribution in [2.45, 2.75) is 31.8 Å². The van der Waals surface area contributed by atoms with Crippen LogP contribution >= 0.6 is 0 Å². The third-order valence-corrected chi connectivity index (χ3v) is 4.10. The average Bonchev–Trinajstić information content (AvgIpc) is 2.41. The summed E-state index contributed by atoms with van der Waals surface area (Å²) in [6.07, 6.45) is 2.07. The fraction of sp³-hybridized carbons (Fsp3) is 0.562. The Morgan fingerprint density at radius 3 is 2.45 bits per heavy atom. The topological polar surface area (TPSA) is 60.8 Å². The molecule has 1 heterocycles. The molecule has 1 aliphatic heterocycles. The van der Waals surface area contributed by atoms with Gasteiger partial charge in [0, 0.05) is 13.0 Å². The van der Waals surface area contributed by atoms with Gasteiger partial charge in [0.1, 0.15) is 0 Å². The number of β-amino-alcohol motifs (C(OH)–C–C–N with tert-alkyl or cyclic N) is 1. The van der Waals surface area contributed by atoms with Gasteiger partial charge in [-0.3, -0.25) is 4.79 Å². The lowest BCUT2D eigenvalue weighted by atomic mass is 9.91. The largest absolute Gasteiger partial charge is 0.481 e. The number of carbonyl (C=O) groups is 1. The molecule has 1 unspecified atom stereocenters. The summed E-state index contributed by atoms with van der Waals surface area (Å²) in [4.78, 5) is 12.9. The van der Waals surface area contributed by atoms with Crippen LogP contribution in [0, 0.1) is 5.92 Å². The summed E-state index contributed by atoms with van der Waals surface area (Å²) in [6.45, 7) is 4.16. The Balaban J connectivity index is 1.87. The van der Waals surface area contributed by atoms with E-state index in [0.29, 0.717) is 6.54 Å². The van der Waals surface area contributed by atoms with Gasteiger partial charge in [-0.25, -0.2) is 0 Å². The predicted molar refractivity (Wildman–Crippen MR) is 77.4 cm³/mol. The zero-order valence-electron chi connectivity index (χ0n) is 12.0. The molecule has 1 saturated heterocycles. The summed E-state index contributed by atoms with van der Waals surface area (Å²) in [5.74, 6) is -0.426. The summed E-state index contributed by atoms with van der Waals surface area (Å²) in [5, 5.41) is 19.4. The van der Waals surface area contributed by atoms with Gasteiger partial charge in [0.15, 0.2) is 0 Å². The smallest absolute Gasteiger partial charge is 0.303 e. The number of likely N-dealkylation sites (tertiary alicyclic amines) is 1. The van der Waals surface area contributed by atoms with Crippen molar-refractivity contribution >= 4 is 5.97 Å². The lowest BCUT2D eigenvalue weighted by Gasteiger charge is -2.36. The zero-order chi connectivity index (χ0) is 14.6. The van der Waals surface area contributed by atoms with Crippen LogP contribution in [-0.2, 0) is 10.4 Å². The van der Waals surface area contributed by atoms with Crippen molar-refractivity contribution in [3.05, 3.63) is 35.9 Å². The van der Waals surface area contributed by atoms with Gasteiger partial charge in [-0.2, -0.15) is 0 Å². The monoisotopic (exact) mass is 277 g/mol. The van der Waals surface area contributed by atoms with Crippen LogP contribution in [0.4, 0.5) is 0 Å². The molecule has 110 valence electrons. The molecule has 0 aromatic heterocycles. The maximum absolute atomic E-state index is 10.7. The van der Waals surface area contributed by atoms with Crippen LogP contribution < -0.4 is 0 Å². The number of piperidine rings is 1. The van der Waals surface area contributed by atoms with E-state index in [2.05, 4.69) is 4.90 Å². The number of hydrogen-bond acceptors (Lipinski definition) is 3. The second kappa shape index (κ2) is 6.37. The quantitative estimate of drug-likeness (QED) is 0.865. The Kier molecular flexibility index (Phi) is 4.78. The number of nitrogens with zero attached hydrogens (tertiary/aromatic N) is 1. The Labute approximate surface area is 120 Å². The Morgan fingerprint density at radius 2 is 1.90 bits per heavy atom. The highest BCUT2D eigenvalue weighted by Gasteiger charge is 2.29. The number of rotatable bonds is 5. The number of aliphatic carboxylic acids is 1. The third-order valence-electron chi connectivity index (χ3n) is 4.10. The summed E-state index contributed by atoms with van der Waals surface area (Å²) in [7, 11) is 0. The molecule has 1 aromatic carbocycles. The van der Waals surface area contributed by atoms with E-state index in [-0.39, 0.29) is 12.3 Å². The molecule has 0 aliphatic carbocycles. The van der Waals surface area contributed by atoms with Crippen molar-refractivity contribution in [2.75, 3.05) is 19.6 Å². The van der Waals surface area contributed by atoms with Gasteiger partial charge < -0.3 is 15.1 Å². The van der Waals surface area contributed by atoms with Crippen molar-refractivity contribution in [1.82, 2.24) is 4.90 Å². The van der Waals surface area contributed by atoms with Gasteiger partial charge >= 0.3 is 5.97 Å². The molecule has 0 amide bonds. The third kappa shape index (κ3) is 4.05. The maximum atomic E-state index is 10.7. The summed E-state index contributed by atoms with van der Waals surface area (Å²) in [6, 6.07) is 9.69. The number of carboxylic acids is 1. The van der Waals surface area contributed by atoms with E-state index < -0.39 is 11.6 Å². The lowest BCUT2D eigenvalue weighted by Crippen LogP contribution is -2.43. The van der Waals surface area contributed by atoms with Crippen molar-refractivity contribution in [1.29, 1.82) is 0 Å². The molecule has 0 bridgehead atoms. The molecule has 0 saturated carbocycles. The minimum absolute atomic E-state index is 0.267. The first-order valence-corrected chi connectivity index (χ1v) is 7.19. The fourth-order valence-corrected chi connectivity index (χ4v) is 2.92. The van der Waals surface area contributed by atoms with Crippen LogP contribution in [-0.4, -0.2) is 40.7 Å². The number of benzene rings is 1. The van der Waals surface area contributed by atoms with Gasteiger partial charge in [-0.15, -0.1) is 0 Å². The highest BCUT2D eigenvalue weighted by Crippen LogP contribution is 2.26. The van der Waals surface area contributed by atoms with E-state index in [1.807, 2.05) is 37.3 Å². The molecule has 1 aliphatic rings. The second-order valence-corrected chi connectivity index (χ2v) is 5.96. The molecular weight excluding hydrogens is 254 g/mol. The van der Waals surface area contributed by atoms with Crippen LogP contribution in [0.25, 0.3) is 0 Å². The average molecular weight is 277 g/mol. The molecule has 2 N–H and O–H groups in total. The minimum Gasteiger partial charge on any atom is -0.481 e. The van der Waals surface area contributed by atoms with Gasteiger partial charge in [0.05, 0.1) is 5.60 Å². The molecule has 2 rings (SSSR count). The molecule has 0 spiro atoms. The molecule has 1 atom stereocenters. The maximum Gasteiger partial charge on any atom is 0.303 e. The molecular formula is C16H23NO3. The van der Waals surface area contributed by atoms with Gasteiger partial charge in [0.2, 0.25) is 0 Å². The minimum atomic E-state index is -0.860. The Morgan fingerprint density at radius 1 is 1.30 bits per heavy atom. The van der Waals surface area contributed by atoms with Crippen LogP contribution in [0.5, 0.6) is 0 Å². The predicted octanol–water partition coefficient (Wildman–Crippen LogP) is 2.08. The number of aliphatic hydroxyl groups is 1. The lowest BCUT2D eigenvalue weighted by molar-refractivity contribution is -0.138. The molecule has 1 aromatic rings. The van der Waals surface area contributed by atoms with Crippen LogP contribution in [0.1, 0.15) is 31.7 Å². The van der Waals surface area contributed by atoms with E-state index in [4.69, 9.17) is 5.11 Å². The normalized spacial score (nSPS) is 20.5. The number of carboxylic acid groups (broad SMARTS) is 1. The highest BCUT2D eigenvalue weighted by molar-refractivity contribution is 5.67. The van der Waals surface area contributed by atoms with Gasteiger partial charge in [-0.05, 0) is 44.3 Å². The highest BCUT2D eigenvalue weighted by atomic mass is 16.4. The van der Waals surface area contributed by atoms with Crippen molar-refractivity contribution in [2.24, 2.45) is 5.92 Å². The first kappa shape index (κ1) is 15.0. The molecule has 0 radical (unpaired) electrons. The zero-order valence-corrected chi connectivity index (χ0v) is 12.0. The van der Waals surface area contributed by atoms with Gasteiger partial charge in [-0.1, -0.05) is 30.3 Å². The van der Waals surface area contributed by atoms with Crippen molar-refractivity contribution < 1.29 is 15.0 Å². The summed E-state index contributed by atoms with van der Waals surface area (Å²) >= 11 is 0. The van der Waals surface area contributed by atoms with Crippen LogP contribution in [0.2, 0.25) is 0 Å². The summed E-state index contributed by atoms with van der Waals surface area (Å²) in [5.41, 5.74) is 0.0635. The SMILES string of the molecule is CC(O)(CN1CCC(CC(=O)O)CC1)c1ccccc1. The Bertz CT molecular complexity index is 436. The van der Waals surface area contributed by atoms with E-state index in [9.17, 15) is 9.90 Å². The first-order chi connectivity index (χ1) is 9.47. The molecule has 1 fully saturated rings. The van der Waals surface area contributed by atoms with E-state index >= 15 is 0 Å². The summed E-state index contributed by atoms with van der Waals surface area (Å²) < 4.78 is 0. The molecule has 4 heteroatoms. The first-order valence-electron chi connectivity index (χ1n) is 7.19. The van der Waals surface area contributed by atoms with Gasteiger partial charge in [0.25, 0.3) is 0 Å². The fourth-order valence-electron chi connectivity index (χ4n) is 2.92.